The summed E-state index contributed by atoms with van der Waals surface area (Å²) in [6.07, 6.45) is 0.331. The zero-order chi connectivity index (χ0) is 22.1. The monoisotopic (exact) mass is 440 g/mol. The maximum absolute atomic E-state index is 13.5. The lowest BCUT2D eigenvalue weighted by Crippen LogP contribution is -2.35. The van der Waals surface area contributed by atoms with Crippen molar-refractivity contribution < 1.29 is 4.79 Å². The first-order valence-electron chi connectivity index (χ1n) is 10.7. The summed E-state index contributed by atoms with van der Waals surface area (Å²) in [6, 6.07) is 24.5. The molecule has 0 fully saturated rings. The van der Waals surface area contributed by atoms with Crippen LogP contribution in [0, 0.1) is 13.8 Å². The summed E-state index contributed by atoms with van der Waals surface area (Å²) in [5, 5.41) is 7.61. The maximum atomic E-state index is 13.5. The van der Waals surface area contributed by atoms with Crippen molar-refractivity contribution in [2.75, 3.05) is 11.4 Å². The number of benzene rings is 3. The number of para-hydroxylation sites is 1. The van der Waals surface area contributed by atoms with Crippen LogP contribution in [0.2, 0.25) is 0 Å². The van der Waals surface area contributed by atoms with E-state index in [0.29, 0.717) is 19.5 Å². The molecule has 2 aromatic heterocycles. The predicted octanol–water partition coefficient (Wildman–Crippen LogP) is 5.54. The molecule has 0 unspecified atom stereocenters. The molecule has 0 bridgehead atoms. The number of aromatic nitrogens is 3. The number of thiazole rings is 1. The Morgan fingerprint density at radius 1 is 0.969 bits per heavy atom. The smallest absolute Gasteiger partial charge is 0.233 e. The van der Waals surface area contributed by atoms with Gasteiger partial charge in [-0.2, -0.15) is 5.10 Å². The van der Waals surface area contributed by atoms with Crippen molar-refractivity contribution in [1.29, 1.82) is 0 Å². The van der Waals surface area contributed by atoms with Gasteiger partial charge in [-0.05, 0) is 48.4 Å². The number of hydrogen-bond acceptors (Lipinski definition) is 4. The minimum absolute atomic E-state index is 0.0425. The van der Waals surface area contributed by atoms with Gasteiger partial charge < -0.3 is 0 Å². The van der Waals surface area contributed by atoms with Crippen LogP contribution in [0.4, 0.5) is 5.13 Å². The highest BCUT2D eigenvalue weighted by molar-refractivity contribution is 7.22. The Hall–Kier alpha value is -3.51. The highest BCUT2D eigenvalue weighted by Crippen LogP contribution is 2.29. The lowest BCUT2D eigenvalue weighted by molar-refractivity contribution is -0.118. The van der Waals surface area contributed by atoms with Crippen molar-refractivity contribution in [2.45, 2.75) is 26.8 Å². The molecule has 3 aromatic carbocycles. The second kappa shape index (κ2) is 8.55. The molecule has 6 heteroatoms. The van der Waals surface area contributed by atoms with Crippen molar-refractivity contribution in [3.05, 3.63) is 89.7 Å². The summed E-state index contributed by atoms with van der Waals surface area (Å²) in [5.74, 6) is 0.0425. The van der Waals surface area contributed by atoms with Crippen LogP contribution in [0.1, 0.15) is 17.0 Å². The minimum Gasteiger partial charge on any atom is -0.286 e. The fourth-order valence-electron chi connectivity index (χ4n) is 4.02. The molecule has 0 saturated carbocycles. The molecular weight excluding hydrogens is 416 g/mol. The minimum atomic E-state index is 0.0425. The Labute approximate surface area is 190 Å². The van der Waals surface area contributed by atoms with Crippen molar-refractivity contribution in [3.8, 4) is 0 Å². The van der Waals surface area contributed by atoms with Crippen LogP contribution in [0.3, 0.4) is 0 Å². The fourth-order valence-corrected chi connectivity index (χ4v) is 5.03. The summed E-state index contributed by atoms with van der Waals surface area (Å²) in [4.78, 5) is 20.1. The summed E-state index contributed by atoms with van der Waals surface area (Å²) in [6.45, 7) is 5.17. The highest BCUT2D eigenvalue weighted by atomic mass is 32.1. The molecule has 2 heterocycles. The molecule has 32 heavy (non-hydrogen) atoms. The van der Waals surface area contributed by atoms with Crippen LogP contribution in [-0.4, -0.2) is 27.2 Å². The van der Waals surface area contributed by atoms with Crippen molar-refractivity contribution in [1.82, 2.24) is 14.8 Å². The first kappa shape index (κ1) is 20.4. The lowest BCUT2D eigenvalue weighted by Gasteiger charge is -2.20. The molecule has 1 amide bonds. The second-order valence-electron chi connectivity index (χ2n) is 8.02. The number of amides is 1. The Bertz CT molecular complexity index is 1380. The van der Waals surface area contributed by atoms with E-state index in [4.69, 9.17) is 4.98 Å². The SMILES string of the molecule is Cc1cc(C)n(CCN(C(=O)Cc2ccc3ccccc3c2)c2nc3ccccc3s2)n1. The van der Waals surface area contributed by atoms with E-state index in [1.165, 1.54) is 5.39 Å². The number of fused-ring (bicyclic) bond motifs is 2. The number of carbonyl (C=O) groups excluding carboxylic acids is 1. The topological polar surface area (TPSA) is 51.0 Å². The number of carbonyl (C=O) groups is 1. The third-order valence-corrected chi connectivity index (χ3v) is 6.68. The Morgan fingerprint density at radius 2 is 1.75 bits per heavy atom. The standard InChI is InChI=1S/C26H24N4OS/c1-18-15-19(2)30(28-18)14-13-29(26-27-23-9-5-6-10-24(23)32-26)25(31)17-20-11-12-21-7-3-4-8-22(21)16-20/h3-12,15-16H,13-14,17H2,1-2H3. The molecule has 0 N–H and O–H groups in total. The maximum Gasteiger partial charge on any atom is 0.233 e. The third-order valence-electron chi connectivity index (χ3n) is 5.62. The molecule has 0 aliphatic rings. The predicted molar refractivity (Wildman–Crippen MR) is 131 cm³/mol. The molecular formula is C26H24N4OS. The average Bonchev–Trinajstić information content (AvgIpc) is 3.36. The molecule has 0 spiro atoms. The normalized spacial score (nSPS) is 11.3. The van der Waals surface area contributed by atoms with Crippen LogP contribution in [0.5, 0.6) is 0 Å². The van der Waals surface area contributed by atoms with Gasteiger partial charge in [-0.15, -0.1) is 0 Å². The van der Waals surface area contributed by atoms with Gasteiger partial charge in [-0.1, -0.05) is 65.9 Å². The molecule has 0 radical (unpaired) electrons. The highest BCUT2D eigenvalue weighted by Gasteiger charge is 2.20. The van der Waals surface area contributed by atoms with Gasteiger partial charge in [0.05, 0.1) is 28.9 Å². The number of nitrogens with zero attached hydrogens (tertiary/aromatic N) is 4. The molecule has 0 atom stereocenters. The summed E-state index contributed by atoms with van der Waals surface area (Å²) in [5.41, 5.74) is 4.00. The van der Waals surface area contributed by atoms with Gasteiger partial charge in [0.15, 0.2) is 5.13 Å². The first-order valence-corrected chi connectivity index (χ1v) is 11.5. The number of aryl methyl sites for hydroxylation is 2. The van der Waals surface area contributed by atoms with Gasteiger partial charge in [0.25, 0.3) is 0 Å². The van der Waals surface area contributed by atoms with Crippen molar-refractivity contribution in [2.24, 2.45) is 0 Å². The zero-order valence-corrected chi connectivity index (χ0v) is 19.0. The van der Waals surface area contributed by atoms with Gasteiger partial charge >= 0.3 is 0 Å². The second-order valence-corrected chi connectivity index (χ2v) is 9.03. The van der Waals surface area contributed by atoms with Gasteiger partial charge in [-0.25, -0.2) is 4.98 Å². The molecule has 160 valence electrons. The third kappa shape index (κ3) is 4.14. The molecule has 0 aliphatic heterocycles. The van der Waals surface area contributed by atoms with E-state index in [0.717, 1.165) is 37.7 Å². The van der Waals surface area contributed by atoms with Crippen LogP contribution in [0.15, 0.2) is 72.8 Å². The first-order chi connectivity index (χ1) is 15.6. The van der Waals surface area contributed by atoms with E-state index in [-0.39, 0.29) is 5.91 Å². The summed E-state index contributed by atoms with van der Waals surface area (Å²) >= 11 is 1.56. The van der Waals surface area contributed by atoms with Crippen LogP contribution >= 0.6 is 11.3 Å². The van der Waals surface area contributed by atoms with E-state index in [1.54, 1.807) is 11.3 Å². The average molecular weight is 441 g/mol. The Balaban J connectivity index is 1.44. The molecule has 5 rings (SSSR count). The van der Waals surface area contributed by atoms with Crippen LogP contribution in [0.25, 0.3) is 21.0 Å². The lowest BCUT2D eigenvalue weighted by atomic mass is 10.0. The quantitative estimate of drug-likeness (QED) is 0.348. The van der Waals surface area contributed by atoms with E-state index in [2.05, 4.69) is 35.4 Å². The van der Waals surface area contributed by atoms with Crippen molar-refractivity contribution >= 4 is 43.4 Å². The number of rotatable bonds is 6. The van der Waals surface area contributed by atoms with Gasteiger partial charge in [0.2, 0.25) is 5.91 Å². The Kier molecular flexibility index (Phi) is 5.45. The summed E-state index contributed by atoms with van der Waals surface area (Å²) in [7, 11) is 0. The van der Waals surface area contributed by atoms with Crippen LogP contribution < -0.4 is 4.90 Å². The Morgan fingerprint density at radius 3 is 2.53 bits per heavy atom. The molecule has 5 nitrogen and oxygen atoms in total. The largest absolute Gasteiger partial charge is 0.286 e. The van der Waals surface area contributed by atoms with Crippen molar-refractivity contribution in [3.63, 3.8) is 0 Å². The molecule has 0 saturated heterocycles. The molecule has 5 aromatic rings. The van der Waals surface area contributed by atoms with E-state index in [1.807, 2.05) is 65.9 Å². The van der Waals surface area contributed by atoms with Gasteiger partial charge in [-0.3, -0.25) is 14.4 Å². The number of anilines is 1. The van der Waals surface area contributed by atoms with Crippen LogP contribution in [-0.2, 0) is 17.8 Å². The van der Waals surface area contributed by atoms with E-state index >= 15 is 0 Å². The zero-order valence-electron chi connectivity index (χ0n) is 18.2. The number of hydrogen-bond donors (Lipinski definition) is 0. The van der Waals surface area contributed by atoms with E-state index < -0.39 is 0 Å². The van der Waals surface area contributed by atoms with E-state index in [9.17, 15) is 4.79 Å². The fraction of sp³-hybridized carbons (Fsp3) is 0.192. The molecule has 0 aliphatic carbocycles. The van der Waals surface area contributed by atoms with Gasteiger partial charge in [0.1, 0.15) is 0 Å². The van der Waals surface area contributed by atoms with Gasteiger partial charge in [0, 0.05) is 12.2 Å². The summed E-state index contributed by atoms with van der Waals surface area (Å²) < 4.78 is 3.04.